The van der Waals surface area contributed by atoms with Crippen molar-refractivity contribution in [3.8, 4) is 5.75 Å². The summed E-state index contributed by atoms with van der Waals surface area (Å²) >= 11 is 1.81. The molecule has 0 amide bonds. The van der Waals surface area contributed by atoms with Crippen LogP contribution in [0.1, 0.15) is 0 Å². The van der Waals surface area contributed by atoms with Crippen molar-refractivity contribution in [2.45, 2.75) is 4.90 Å². The minimum absolute atomic E-state index is 0.689. The third-order valence-electron chi connectivity index (χ3n) is 2.01. The molecule has 0 spiro atoms. The predicted octanol–water partition coefficient (Wildman–Crippen LogP) is 1.93. The topological polar surface area (TPSA) is 38.5 Å². The highest BCUT2D eigenvalue weighted by atomic mass is 32.2. The van der Waals surface area contributed by atoms with E-state index >= 15 is 0 Å². The molecule has 0 aliphatic carbocycles. The fourth-order valence-electron chi connectivity index (χ4n) is 1.13. The van der Waals surface area contributed by atoms with Crippen LogP contribution in [0.2, 0.25) is 0 Å². The number of methoxy groups -OCH3 is 1. The highest BCUT2D eigenvalue weighted by Gasteiger charge is 2.01. The van der Waals surface area contributed by atoms with Crippen molar-refractivity contribution < 1.29 is 4.74 Å². The first-order chi connectivity index (χ1) is 7.13. The van der Waals surface area contributed by atoms with Gasteiger partial charge in [-0.1, -0.05) is 0 Å². The number of nitrogens with zero attached hydrogens (tertiary/aromatic N) is 1. The summed E-state index contributed by atoms with van der Waals surface area (Å²) in [4.78, 5) is 3.37. The van der Waals surface area contributed by atoms with Crippen molar-refractivity contribution in [3.05, 3.63) is 18.2 Å². The largest absolute Gasteiger partial charge is 0.495 e. The van der Waals surface area contributed by atoms with Crippen molar-refractivity contribution in [2.75, 3.05) is 39.2 Å². The Morgan fingerprint density at radius 3 is 2.73 bits per heavy atom. The Balaban J connectivity index is 2.54. The molecular weight excluding hydrogens is 208 g/mol. The molecule has 4 heteroatoms. The number of ether oxygens (including phenoxy) is 1. The van der Waals surface area contributed by atoms with Crippen molar-refractivity contribution in [2.24, 2.45) is 0 Å². The van der Waals surface area contributed by atoms with Crippen LogP contribution >= 0.6 is 11.8 Å². The van der Waals surface area contributed by atoms with Gasteiger partial charge < -0.3 is 15.4 Å². The van der Waals surface area contributed by atoms with Crippen LogP contribution in [-0.2, 0) is 0 Å². The summed E-state index contributed by atoms with van der Waals surface area (Å²) in [7, 11) is 5.79. The lowest BCUT2D eigenvalue weighted by Gasteiger charge is -2.10. The molecule has 0 saturated carbocycles. The number of hydrogen-bond acceptors (Lipinski definition) is 4. The normalized spacial score (nSPS) is 10.7. The van der Waals surface area contributed by atoms with Crippen molar-refractivity contribution in [1.82, 2.24) is 4.90 Å². The molecule has 0 bridgehead atoms. The van der Waals surface area contributed by atoms with Crippen molar-refractivity contribution in [1.29, 1.82) is 0 Å². The van der Waals surface area contributed by atoms with Gasteiger partial charge in [0, 0.05) is 17.2 Å². The maximum absolute atomic E-state index is 5.73. The van der Waals surface area contributed by atoms with E-state index in [1.807, 2.05) is 30.0 Å². The summed E-state index contributed by atoms with van der Waals surface area (Å²) in [5.41, 5.74) is 6.42. The molecule has 1 aromatic carbocycles. The van der Waals surface area contributed by atoms with Gasteiger partial charge in [-0.2, -0.15) is 0 Å². The van der Waals surface area contributed by atoms with Gasteiger partial charge in [-0.25, -0.2) is 0 Å². The average molecular weight is 226 g/mol. The summed E-state index contributed by atoms with van der Waals surface area (Å²) in [5, 5.41) is 0. The molecule has 0 aromatic heterocycles. The van der Waals surface area contributed by atoms with Crippen LogP contribution < -0.4 is 10.5 Å². The number of benzene rings is 1. The van der Waals surface area contributed by atoms with Crippen LogP contribution in [0.15, 0.2) is 23.1 Å². The number of nitrogens with two attached hydrogens (primary N) is 1. The highest BCUT2D eigenvalue weighted by Crippen LogP contribution is 2.27. The van der Waals surface area contributed by atoms with Gasteiger partial charge in [-0.05, 0) is 32.3 Å². The first-order valence-corrected chi connectivity index (χ1v) is 5.83. The van der Waals surface area contributed by atoms with E-state index < -0.39 is 0 Å². The molecule has 1 rings (SSSR count). The zero-order valence-corrected chi connectivity index (χ0v) is 10.3. The molecule has 2 N–H and O–H groups in total. The van der Waals surface area contributed by atoms with Crippen molar-refractivity contribution >= 4 is 17.4 Å². The highest BCUT2D eigenvalue weighted by molar-refractivity contribution is 7.99. The molecule has 0 atom stereocenters. The van der Waals surface area contributed by atoms with E-state index in [2.05, 4.69) is 19.0 Å². The molecule has 0 heterocycles. The van der Waals surface area contributed by atoms with Gasteiger partial charge in [-0.15, -0.1) is 11.8 Å². The molecular formula is C11H18N2OS. The lowest BCUT2D eigenvalue weighted by atomic mass is 10.3. The Hall–Kier alpha value is -0.870. The molecule has 0 saturated heterocycles. The van der Waals surface area contributed by atoms with Crippen LogP contribution in [0.4, 0.5) is 5.69 Å². The van der Waals surface area contributed by atoms with E-state index in [0.717, 1.165) is 18.0 Å². The smallest absolute Gasteiger partial charge is 0.142 e. The average Bonchev–Trinajstić information content (AvgIpc) is 2.20. The maximum Gasteiger partial charge on any atom is 0.142 e. The molecule has 3 nitrogen and oxygen atoms in total. The number of nitrogen functional groups attached to an aromatic ring is 1. The Bertz CT molecular complexity index is 315. The summed E-state index contributed by atoms with van der Waals surface area (Å²) in [6.07, 6.45) is 0. The van der Waals surface area contributed by atoms with Gasteiger partial charge in [0.15, 0.2) is 0 Å². The summed E-state index contributed by atoms with van der Waals surface area (Å²) < 4.78 is 5.16. The van der Waals surface area contributed by atoms with Crippen LogP contribution in [-0.4, -0.2) is 38.4 Å². The standard InChI is InChI=1S/C11H18N2OS/c1-13(2)6-7-15-9-4-5-10(12)11(8-9)14-3/h4-5,8H,6-7,12H2,1-3H3. The Labute approximate surface area is 95.6 Å². The van der Waals surface area contributed by atoms with Crippen LogP contribution in [0.25, 0.3) is 0 Å². The number of hydrogen-bond donors (Lipinski definition) is 1. The quantitative estimate of drug-likeness (QED) is 0.615. The van der Waals surface area contributed by atoms with Crippen molar-refractivity contribution in [3.63, 3.8) is 0 Å². The van der Waals surface area contributed by atoms with Crippen LogP contribution in [0, 0.1) is 0 Å². The minimum atomic E-state index is 0.689. The molecule has 0 unspecified atom stereocenters. The number of rotatable bonds is 5. The summed E-state index contributed by atoms with van der Waals surface area (Å²) in [5.74, 6) is 1.82. The Kier molecular flexibility index (Phi) is 4.78. The van der Waals surface area contributed by atoms with E-state index in [-0.39, 0.29) is 0 Å². The van der Waals surface area contributed by atoms with Gasteiger partial charge in [0.05, 0.1) is 12.8 Å². The zero-order valence-electron chi connectivity index (χ0n) is 9.49. The SMILES string of the molecule is COc1cc(SCCN(C)C)ccc1N. The number of thioether (sulfide) groups is 1. The molecule has 0 radical (unpaired) electrons. The molecule has 84 valence electrons. The first-order valence-electron chi connectivity index (χ1n) is 4.84. The maximum atomic E-state index is 5.73. The third kappa shape index (κ3) is 4.01. The van der Waals surface area contributed by atoms with Gasteiger partial charge in [0.2, 0.25) is 0 Å². The summed E-state index contributed by atoms with van der Waals surface area (Å²) in [6, 6.07) is 5.89. The van der Waals surface area contributed by atoms with E-state index in [1.165, 1.54) is 4.90 Å². The second-order valence-corrected chi connectivity index (χ2v) is 4.72. The van der Waals surface area contributed by atoms with E-state index in [4.69, 9.17) is 10.5 Å². The predicted molar refractivity (Wildman–Crippen MR) is 66.7 cm³/mol. The Morgan fingerprint density at radius 1 is 1.40 bits per heavy atom. The molecule has 0 fully saturated rings. The van der Waals surface area contributed by atoms with E-state index in [0.29, 0.717) is 5.69 Å². The molecule has 15 heavy (non-hydrogen) atoms. The lowest BCUT2D eigenvalue weighted by Crippen LogP contribution is -2.14. The second-order valence-electron chi connectivity index (χ2n) is 3.56. The van der Waals surface area contributed by atoms with Gasteiger partial charge >= 0.3 is 0 Å². The summed E-state index contributed by atoms with van der Waals surface area (Å²) in [6.45, 7) is 1.07. The molecule has 1 aromatic rings. The molecule has 0 aliphatic rings. The van der Waals surface area contributed by atoms with Gasteiger partial charge in [-0.3, -0.25) is 0 Å². The second kappa shape index (κ2) is 5.88. The molecule has 0 aliphatic heterocycles. The minimum Gasteiger partial charge on any atom is -0.495 e. The van der Waals surface area contributed by atoms with E-state index in [9.17, 15) is 0 Å². The Morgan fingerprint density at radius 2 is 2.13 bits per heavy atom. The zero-order chi connectivity index (χ0) is 11.3. The van der Waals surface area contributed by atoms with Gasteiger partial charge in [0.1, 0.15) is 5.75 Å². The fourth-order valence-corrected chi connectivity index (χ4v) is 2.17. The van der Waals surface area contributed by atoms with Gasteiger partial charge in [0.25, 0.3) is 0 Å². The van der Waals surface area contributed by atoms with Crippen LogP contribution in [0.3, 0.4) is 0 Å². The van der Waals surface area contributed by atoms with Crippen LogP contribution in [0.5, 0.6) is 5.75 Å². The van der Waals surface area contributed by atoms with E-state index in [1.54, 1.807) is 7.11 Å². The third-order valence-corrected chi connectivity index (χ3v) is 2.99. The number of anilines is 1. The lowest BCUT2D eigenvalue weighted by molar-refractivity contribution is 0.416. The monoisotopic (exact) mass is 226 g/mol. The first kappa shape index (κ1) is 12.2. The fraction of sp³-hybridized carbons (Fsp3) is 0.455.